The van der Waals surface area contributed by atoms with Crippen molar-refractivity contribution in [3.8, 4) is 0 Å². The fourth-order valence-electron chi connectivity index (χ4n) is 1.02. The van der Waals surface area contributed by atoms with E-state index < -0.39 is 5.97 Å². The second kappa shape index (κ2) is 4.07. The van der Waals surface area contributed by atoms with Gasteiger partial charge in [0.15, 0.2) is 0 Å². The maximum Gasteiger partial charge on any atom is 0.306 e. The third-order valence-corrected chi connectivity index (χ3v) is 1.93. The summed E-state index contributed by atoms with van der Waals surface area (Å²) in [6, 6.07) is 1.83. The highest BCUT2D eigenvalue weighted by atomic mass is 16.5. The Morgan fingerprint density at radius 2 is 2.46 bits per heavy atom. The molecule has 1 heterocycles. The fourth-order valence-corrected chi connectivity index (χ4v) is 1.02. The lowest BCUT2D eigenvalue weighted by atomic mass is 10.0. The van der Waals surface area contributed by atoms with Gasteiger partial charge in [-0.1, -0.05) is 12.1 Å². The van der Waals surface area contributed by atoms with E-state index in [4.69, 9.17) is 9.63 Å². The quantitative estimate of drug-likeness (QED) is 0.770. The molecule has 0 fully saturated rings. The molecular formula is C9H13NO3. The van der Waals surface area contributed by atoms with Gasteiger partial charge in [-0.2, -0.15) is 0 Å². The molecule has 0 aliphatic rings. The number of aryl methyl sites for hydroxylation is 2. The lowest BCUT2D eigenvalue weighted by Gasteiger charge is -2.02. The Kier molecular flexibility index (Phi) is 3.06. The molecule has 0 aromatic carbocycles. The van der Waals surface area contributed by atoms with Crippen molar-refractivity contribution >= 4 is 5.97 Å². The van der Waals surface area contributed by atoms with Crippen LogP contribution in [-0.4, -0.2) is 16.2 Å². The molecule has 0 spiro atoms. The van der Waals surface area contributed by atoms with Crippen LogP contribution in [0.2, 0.25) is 0 Å². The normalized spacial score (nSPS) is 12.8. The first kappa shape index (κ1) is 9.77. The molecule has 0 aliphatic carbocycles. The van der Waals surface area contributed by atoms with Crippen LogP contribution in [0.4, 0.5) is 0 Å². The molecule has 0 saturated heterocycles. The number of carbonyl (C=O) groups is 1. The van der Waals surface area contributed by atoms with Crippen LogP contribution in [0.1, 0.15) is 24.8 Å². The van der Waals surface area contributed by atoms with Crippen molar-refractivity contribution in [2.75, 3.05) is 0 Å². The second-order valence-corrected chi connectivity index (χ2v) is 3.21. The van der Waals surface area contributed by atoms with Crippen molar-refractivity contribution in [2.24, 2.45) is 5.92 Å². The van der Waals surface area contributed by atoms with Gasteiger partial charge in [-0.3, -0.25) is 4.79 Å². The Bertz CT molecular complexity index is 293. The first-order valence-corrected chi connectivity index (χ1v) is 4.24. The van der Waals surface area contributed by atoms with Gasteiger partial charge < -0.3 is 9.63 Å². The van der Waals surface area contributed by atoms with Gasteiger partial charge in [0.1, 0.15) is 5.76 Å². The predicted octanol–water partition coefficient (Wildman–Crippen LogP) is 1.64. The maximum atomic E-state index is 10.5. The summed E-state index contributed by atoms with van der Waals surface area (Å²) >= 11 is 0. The van der Waals surface area contributed by atoms with Crippen LogP contribution in [0.25, 0.3) is 0 Å². The molecule has 13 heavy (non-hydrogen) atoms. The third-order valence-electron chi connectivity index (χ3n) is 1.93. The number of carboxylic acids is 1. The van der Waals surface area contributed by atoms with Gasteiger partial charge in [0.05, 0.1) is 11.6 Å². The monoisotopic (exact) mass is 183 g/mol. The Morgan fingerprint density at radius 1 is 1.77 bits per heavy atom. The number of nitrogens with zero attached hydrogens (tertiary/aromatic N) is 1. The van der Waals surface area contributed by atoms with Gasteiger partial charge in [-0.25, -0.2) is 0 Å². The zero-order chi connectivity index (χ0) is 9.84. The molecule has 0 saturated carbocycles. The van der Waals surface area contributed by atoms with Gasteiger partial charge in [-0.05, 0) is 19.8 Å². The van der Waals surface area contributed by atoms with Gasteiger partial charge in [0, 0.05) is 6.07 Å². The average Bonchev–Trinajstić information content (AvgIpc) is 2.47. The van der Waals surface area contributed by atoms with E-state index in [1.807, 2.05) is 13.0 Å². The maximum absolute atomic E-state index is 10.5. The zero-order valence-electron chi connectivity index (χ0n) is 7.78. The summed E-state index contributed by atoms with van der Waals surface area (Å²) in [5, 5.41) is 12.4. The molecule has 0 aliphatic heterocycles. The number of hydrogen-bond donors (Lipinski definition) is 1. The van der Waals surface area contributed by atoms with Crippen LogP contribution >= 0.6 is 0 Å². The molecule has 1 N–H and O–H groups in total. The average molecular weight is 183 g/mol. The topological polar surface area (TPSA) is 63.3 Å². The first-order chi connectivity index (χ1) is 6.09. The van der Waals surface area contributed by atoms with Gasteiger partial charge in [0.2, 0.25) is 0 Å². The van der Waals surface area contributed by atoms with E-state index in [1.54, 1.807) is 6.92 Å². The molecular weight excluding hydrogens is 170 g/mol. The minimum Gasteiger partial charge on any atom is -0.481 e. The smallest absolute Gasteiger partial charge is 0.306 e. The summed E-state index contributed by atoms with van der Waals surface area (Å²) in [4.78, 5) is 10.5. The molecule has 4 heteroatoms. The van der Waals surface area contributed by atoms with Gasteiger partial charge in [-0.15, -0.1) is 0 Å². The zero-order valence-corrected chi connectivity index (χ0v) is 7.78. The Balaban J connectivity index is 2.39. The largest absolute Gasteiger partial charge is 0.481 e. The molecule has 0 amide bonds. The summed E-state index contributed by atoms with van der Waals surface area (Å²) in [5.74, 6) is -0.324. The number of hydrogen-bond acceptors (Lipinski definition) is 3. The molecule has 0 bridgehead atoms. The molecule has 1 unspecified atom stereocenters. The molecule has 1 aromatic rings. The lowest BCUT2D eigenvalue weighted by molar-refractivity contribution is -0.141. The highest BCUT2D eigenvalue weighted by Gasteiger charge is 2.11. The summed E-state index contributed by atoms with van der Waals surface area (Å²) in [6.07, 6.45) is 1.26. The Morgan fingerprint density at radius 3 is 2.92 bits per heavy atom. The van der Waals surface area contributed by atoms with E-state index in [1.165, 1.54) is 0 Å². The van der Waals surface area contributed by atoms with Crippen molar-refractivity contribution in [1.29, 1.82) is 0 Å². The SMILES string of the molecule is Cc1cc(CCC(C)C(=O)O)no1. The summed E-state index contributed by atoms with van der Waals surface area (Å²) in [5.41, 5.74) is 0.825. The highest BCUT2D eigenvalue weighted by molar-refractivity contribution is 5.69. The standard InChI is InChI=1S/C9H13NO3/c1-6(9(11)12)3-4-8-5-7(2)13-10-8/h5-6H,3-4H2,1-2H3,(H,11,12). The highest BCUT2D eigenvalue weighted by Crippen LogP contribution is 2.09. The summed E-state index contributed by atoms with van der Waals surface area (Å²) < 4.78 is 4.86. The molecule has 4 nitrogen and oxygen atoms in total. The Hall–Kier alpha value is -1.32. The minimum absolute atomic E-state index is 0.322. The van der Waals surface area contributed by atoms with Crippen molar-refractivity contribution in [3.05, 3.63) is 17.5 Å². The predicted molar refractivity (Wildman–Crippen MR) is 46.4 cm³/mol. The van der Waals surface area contributed by atoms with Crippen molar-refractivity contribution in [2.45, 2.75) is 26.7 Å². The van der Waals surface area contributed by atoms with E-state index >= 15 is 0 Å². The van der Waals surface area contributed by atoms with Crippen molar-refractivity contribution in [1.82, 2.24) is 5.16 Å². The van der Waals surface area contributed by atoms with Gasteiger partial charge >= 0.3 is 5.97 Å². The number of aliphatic carboxylic acids is 1. The van der Waals surface area contributed by atoms with Crippen LogP contribution in [-0.2, 0) is 11.2 Å². The van der Waals surface area contributed by atoms with Crippen molar-refractivity contribution < 1.29 is 14.4 Å². The second-order valence-electron chi connectivity index (χ2n) is 3.21. The summed E-state index contributed by atoms with van der Waals surface area (Å²) in [6.45, 7) is 3.51. The molecule has 1 aromatic heterocycles. The Labute approximate surface area is 76.5 Å². The number of rotatable bonds is 4. The molecule has 1 rings (SSSR count). The van der Waals surface area contributed by atoms with E-state index in [0.717, 1.165) is 11.5 Å². The van der Waals surface area contributed by atoms with Crippen molar-refractivity contribution in [3.63, 3.8) is 0 Å². The lowest BCUT2D eigenvalue weighted by Crippen LogP contribution is -2.10. The van der Waals surface area contributed by atoms with E-state index in [9.17, 15) is 4.79 Å². The van der Waals surface area contributed by atoms with Crippen LogP contribution in [0, 0.1) is 12.8 Å². The van der Waals surface area contributed by atoms with Crippen LogP contribution < -0.4 is 0 Å². The summed E-state index contributed by atoms with van der Waals surface area (Å²) in [7, 11) is 0. The molecule has 72 valence electrons. The van der Waals surface area contributed by atoms with E-state index in [0.29, 0.717) is 12.8 Å². The molecule has 0 radical (unpaired) electrons. The fraction of sp³-hybridized carbons (Fsp3) is 0.556. The minimum atomic E-state index is -0.764. The van der Waals surface area contributed by atoms with E-state index in [2.05, 4.69) is 5.16 Å². The van der Waals surface area contributed by atoms with E-state index in [-0.39, 0.29) is 5.92 Å². The van der Waals surface area contributed by atoms with Gasteiger partial charge in [0.25, 0.3) is 0 Å². The third kappa shape index (κ3) is 2.89. The molecule has 1 atom stereocenters. The first-order valence-electron chi connectivity index (χ1n) is 4.24. The van der Waals surface area contributed by atoms with Crippen LogP contribution in [0.5, 0.6) is 0 Å². The number of carboxylic acid groups (broad SMARTS) is 1. The van der Waals surface area contributed by atoms with Crippen LogP contribution in [0.15, 0.2) is 10.6 Å². The number of aromatic nitrogens is 1. The van der Waals surface area contributed by atoms with Crippen LogP contribution in [0.3, 0.4) is 0 Å².